The van der Waals surface area contributed by atoms with E-state index >= 15 is 0 Å². The fraction of sp³-hybridized carbons (Fsp3) is 0.536. The molecule has 3 aliphatic heterocycles. The molecule has 0 aliphatic carbocycles. The van der Waals surface area contributed by atoms with Crippen molar-refractivity contribution in [1.29, 1.82) is 0 Å². The summed E-state index contributed by atoms with van der Waals surface area (Å²) in [4.78, 5) is 45.4. The van der Waals surface area contributed by atoms with Gasteiger partial charge in [0, 0.05) is 58.1 Å². The Morgan fingerprint density at radius 1 is 0.974 bits per heavy atom. The van der Waals surface area contributed by atoms with Crippen LogP contribution in [0.3, 0.4) is 0 Å². The van der Waals surface area contributed by atoms with Gasteiger partial charge in [0.2, 0.25) is 11.8 Å². The molecule has 11 nitrogen and oxygen atoms in total. The molecule has 0 saturated carbocycles. The molecule has 1 saturated heterocycles. The highest BCUT2D eigenvalue weighted by molar-refractivity contribution is 6.13. The summed E-state index contributed by atoms with van der Waals surface area (Å²) in [6.07, 6.45) is 6.59. The number of nitrogens with one attached hydrogen (secondary N) is 2. The lowest BCUT2D eigenvalue weighted by atomic mass is 10.0. The number of aromatic nitrogens is 2. The van der Waals surface area contributed by atoms with Gasteiger partial charge in [0.25, 0.3) is 0 Å². The monoisotopic (exact) mass is 534 g/mol. The lowest BCUT2D eigenvalue weighted by Crippen LogP contribution is -2.37. The van der Waals surface area contributed by atoms with Crippen LogP contribution in [0.5, 0.6) is 0 Å². The molecular formula is C28H38N8O3. The number of hydrogen-bond acceptors (Lipinski definition) is 9. The number of hydrogen-bond donors (Lipinski definition) is 2. The van der Waals surface area contributed by atoms with E-state index in [4.69, 9.17) is 9.73 Å². The molecule has 2 aromatic rings. The average molecular weight is 535 g/mol. The van der Waals surface area contributed by atoms with Crippen LogP contribution in [-0.2, 0) is 20.9 Å². The van der Waals surface area contributed by atoms with Crippen LogP contribution in [0.2, 0.25) is 0 Å². The van der Waals surface area contributed by atoms with Crippen LogP contribution < -0.4 is 15.5 Å². The Labute approximate surface area is 229 Å². The Morgan fingerprint density at radius 3 is 2.64 bits per heavy atom. The summed E-state index contributed by atoms with van der Waals surface area (Å²) in [7, 11) is 3.97. The van der Waals surface area contributed by atoms with E-state index in [0.717, 1.165) is 64.3 Å². The SMILES string of the molecule is CN1CCCCCC(=O)N(C)CCNc2ncnc3c2C(C=Nc2ccc(N4CCOCC4)c(c2)C1)C(=O)N3. The molecule has 2 amide bonds. The van der Waals surface area contributed by atoms with Crippen LogP contribution in [0, 0.1) is 0 Å². The Morgan fingerprint density at radius 2 is 1.79 bits per heavy atom. The zero-order valence-corrected chi connectivity index (χ0v) is 22.9. The van der Waals surface area contributed by atoms with Crippen molar-refractivity contribution in [3.05, 3.63) is 35.7 Å². The number of nitrogens with zero attached hydrogens (tertiary/aromatic N) is 6. The fourth-order valence-corrected chi connectivity index (χ4v) is 5.31. The first-order chi connectivity index (χ1) is 19.0. The third-order valence-corrected chi connectivity index (χ3v) is 7.54. The van der Waals surface area contributed by atoms with Crippen LogP contribution in [0.1, 0.15) is 42.7 Å². The number of carbonyl (C=O) groups excluding carboxylic acids is 2. The Hall–Kier alpha value is -3.57. The highest BCUT2D eigenvalue weighted by atomic mass is 16.5. The molecule has 3 aliphatic rings. The van der Waals surface area contributed by atoms with E-state index in [0.29, 0.717) is 36.7 Å². The zero-order valence-electron chi connectivity index (χ0n) is 22.9. The molecule has 1 fully saturated rings. The summed E-state index contributed by atoms with van der Waals surface area (Å²) in [5, 5.41) is 6.15. The second kappa shape index (κ2) is 12.5. The first-order valence-electron chi connectivity index (χ1n) is 13.8. The maximum absolute atomic E-state index is 12.9. The molecule has 2 bridgehead atoms. The Bertz CT molecular complexity index is 1210. The highest BCUT2D eigenvalue weighted by Gasteiger charge is 2.34. The maximum Gasteiger partial charge on any atom is 0.238 e. The molecule has 1 aromatic carbocycles. The molecule has 0 spiro atoms. The van der Waals surface area contributed by atoms with Gasteiger partial charge in [-0.15, -0.1) is 0 Å². The van der Waals surface area contributed by atoms with Crippen molar-refractivity contribution < 1.29 is 14.3 Å². The number of morpholine rings is 1. The topological polar surface area (TPSA) is 115 Å². The number of fused-ring (bicyclic) bond motifs is 2. The fourth-order valence-electron chi connectivity index (χ4n) is 5.31. The number of rotatable bonds is 1. The lowest BCUT2D eigenvalue weighted by Gasteiger charge is -2.31. The first-order valence-corrected chi connectivity index (χ1v) is 13.8. The predicted octanol–water partition coefficient (Wildman–Crippen LogP) is 2.63. The van der Waals surface area contributed by atoms with Gasteiger partial charge < -0.3 is 30.1 Å². The minimum absolute atomic E-state index is 0.140. The standard InChI is InChI=1S/C28H38N8O3/c1-34-10-5-3-4-6-24(37)35(2)11-9-29-26-25-22(28(38)33-27(25)32-19-31-26)17-30-21-7-8-23(20(16-21)18-34)36-12-14-39-15-13-36/h7-8,16-17,19,22H,3-6,9-15,18H2,1-2H3,(H2,29,31,32,33,38). The van der Waals surface area contributed by atoms with Gasteiger partial charge in [-0.3, -0.25) is 14.6 Å². The quantitative estimate of drug-likeness (QED) is 0.574. The van der Waals surface area contributed by atoms with Crippen molar-refractivity contribution in [1.82, 2.24) is 19.8 Å². The summed E-state index contributed by atoms with van der Waals surface area (Å²) in [5.41, 5.74) is 3.88. The third kappa shape index (κ3) is 6.54. The predicted molar refractivity (Wildman–Crippen MR) is 152 cm³/mol. The van der Waals surface area contributed by atoms with E-state index in [1.54, 1.807) is 11.1 Å². The molecule has 1 unspecified atom stereocenters. The van der Waals surface area contributed by atoms with Crippen LogP contribution in [0.25, 0.3) is 0 Å². The second-order valence-corrected chi connectivity index (χ2v) is 10.4. The van der Waals surface area contributed by atoms with E-state index in [1.807, 2.05) is 13.1 Å². The normalized spacial score (nSPS) is 21.7. The van der Waals surface area contributed by atoms with Gasteiger partial charge in [0.1, 0.15) is 23.9 Å². The Kier molecular flexibility index (Phi) is 8.67. The van der Waals surface area contributed by atoms with Gasteiger partial charge in [-0.1, -0.05) is 6.42 Å². The number of amides is 2. The van der Waals surface area contributed by atoms with E-state index in [1.165, 1.54) is 17.6 Å². The van der Waals surface area contributed by atoms with Gasteiger partial charge in [0.05, 0.1) is 24.5 Å². The molecule has 11 heteroatoms. The Balaban J connectivity index is 1.45. The number of carbonyl (C=O) groups is 2. The highest BCUT2D eigenvalue weighted by Crippen LogP contribution is 2.35. The summed E-state index contributed by atoms with van der Waals surface area (Å²) in [6.45, 7) is 5.94. The molecule has 39 heavy (non-hydrogen) atoms. The van der Waals surface area contributed by atoms with Crippen molar-refractivity contribution in [2.45, 2.75) is 38.1 Å². The zero-order chi connectivity index (χ0) is 27.2. The molecule has 1 atom stereocenters. The molecule has 2 N–H and O–H groups in total. The smallest absolute Gasteiger partial charge is 0.238 e. The molecule has 208 valence electrons. The summed E-state index contributed by atoms with van der Waals surface area (Å²) < 4.78 is 5.58. The van der Waals surface area contributed by atoms with Crippen LogP contribution >= 0.6 is 0 Å². The summed E-state index contributed by atoms with van der Waals surface area (Å²) >= 11 is 0. The van der Waals surface area contributed by atoms with Crippen molar-refractivity contribution in [2.75, 3.05) is 75.6 Å². The summed E-state index contributed by atoms with van der Waals surface area (Å²) in [6, 6.07) is 6.27. The minimum Gasteiger partial charge on any atom is -0.378 e. The average Bonchev–Trinajstić information content (AvgIpc) is 3.27. The molecule has 5 rings (SSSR count). The van der Waals surface area contributed by atoms with Crippen LogP contribution in [-0.4, -0.2) is 97.8 Å². The van der Waals surface area contributed by atoms with Crippen molar-refractivity contribution in [3.8, 4) is 0 Å². The van der Waals surface area contributed by atoms with Crippen molar-refractivity contribution >= 4 is 41.0 Å². The molecule has 4 heterocycles. The summed E-state index contributed by atoms with van der Waals surface area (Å²) in [5.74, 6) is 0.414. The number of likely N-dealkylation sites (N-methyl/N-ethyl adjacent to an activating group) is 1. The first kappa shape index (κ1) is 27.0. The van der Waals surface area contributed by atoms with Gasteiger partial charge in [-0.25, -0.2) is 9.97 Å². The van der Waals surface area contributed by atoms with Crippen molar-refractivity contribution in [3.63, 3.8) is 0 Å². The molecule has 1 aromatic heterocycles. The van der Waals surface area contributed by atoms with E-state index in [9.17, 15) is 9.59 Å². The van der Waals surface area contributed by atoms with Crippen LogP contribution in [0.4, 0.5) is 23.0 Å². The van der Waals surface area contributed by atoms with E-state index in [2.05, 4.69) is 49.6 Å². The number of anilines is 3. The van der Waals surface area contributed by atoms with Gasteiger partial charge in [-0.05, 0) is 50.2 Å². The van der Waals surface area contributed by atoms with Gasteiger partial charge >= 0.3 is 0 Å². The number of aliphatic imine (C=N–C) groups is 1. The second-order valence-electron chi connectivity index (χ2n) is 10.4. The minimum atomic E-state index is -0.612. The van der Waals surface area contributed by atoms with Crippen LogP contribution in [0.15, 0.2) is 29.5 Å². The van der Waals surface area contributed by atoms with Gasteiger partial charge in [0.15, 0.2) is 0 Å². The molecule has 0 radical (unpaired) electrons. The maximum atomic E-state index is 12.9. The van der Waals surface area contributed by atoms with Crippen molar-refractivity contribution in [2.24, 2.45) is 4.99 Å². The molecular weight excluding hydrogens is 496 g/mol. The van der Waals surface area contributed by atoms with E-state index < -0.39 is 5.92 Å². The number of benzene rings is 1. The largest absolute Gasteiger partial charge is 0.378 e. The van der Waals surface area contributed by atoms with Gasteiger partial charge in [-0.2, -0.15) is 0 Å². The third-order valence-electron chi connectivity index (χ3n) is 7.54. The van der Waals surface area contributed by atoms with E-state index in [-0.39, 0.29) is 11.8 Å². The number of ether oxygens (including phenoxy) is 1. The lowest BCUT2D eigenvalue weighted by molar-refractivity contribution is -0.129.